The summed E-state index contributed by atoms with van der Waals surface area (Å²) in [5.41, 5.74) is 0.0780. The lowest BCUT2D eigenvalue weighted by Gasteiger charge is -2.36. The van der Waals surface area contributed by atoms with Crippen molar-refractivity contribution in [2.45, 2.75) is 18.9 Å². The minimum Gasteiger partial charge on any atom is -0.337 e. The fourth-order valence-corrected chi connectivity index (χ4v) is 2.72. The van der Waals surface area contributed by atoms with E-state index in [0.717, 1.165) is 12.8 Å². The molecular weight excluding hydrogens is 294 g/mol. The van der Waals surface area contributed by atoms with Crippen LogP contribution in [0.25, 0.3) is 0 Å². The fraction of sp³-hybridized carbons (Fsp3) is 0.500. The molecule has 1 atom stereocenters. The number of benzene rings is 1. The van der Waals surface area contributed by atoms with Gasteiger partial charge in [-0.15, -0.1) is 0 Å². The topological polar surface area (TPSA) is 66.7 Å². The number of nitro benzene ring substituents is 1. The van der Waals surface area contributed by atoms with Crippen molar-refractivity contribution in [2.75, 3.05) is 27.2 Å². The van der Waals surface area contributed by atoms with Crippen molar-refractivity contribution < 1.29 is 9.72 Å². The standard InChI is InChI=1S/C14H18ClN3O3/c1-16(2)11-4-3-7-17(9-11)14(19)10-5-6-12(15)13(8-10)18(20)21/h5-6,8,11H,3-4,7,9H2,1-2H3. The fourth-order valence-electron chi connectivity index (χ4n) is 2.53. The first kappa shape index (κ1) is 15.7. The van der Waals surface area contributed by atoms with Crippen LogP contribution >= 0.6 is 11.6 Å². The lowest BCUT2D eigenvalue weighted by molar-refractivity contribution is -0.384. The number of likely N-dealkylation sites (N-methyl/N-ethyl adjacent to an activating group) is 1. The number of carbonyl (C=O) groups is 1. The quantitative estimate of drug-likeness (QED) is 0.635. The molecule has 7 heteroatoms. The number of rotatable bonds is 3. The van der Waals surface area contributed by atoms with E-state index in [1.807, 2.05) is 14.1 Å². The first-order valence-corrected chi connectivity index (χ1v) is 7.17. The van der Waals surface area contributed by atoms with Gasteiger partial charge in [-0.3, -0.25) is 14.9 Å². The van der Waals surface area contributed by atoms with E-state index in [1.54, 1.807) is 4.90 Å². The molecule has 1 aromatic rings. The van der Waals surface area contributed by atoms with Crippen molar-refractivity contribution in [3.05, 3.63) is 38.9 Å². The minimum absolute atomic E-state index is 0.0429. The molecule has 0 aromatic heterocycles. The maximum atomic E-state index is 12.5. The predicted molar refractivity (Wildman–Crippen MR) is 80.7 cm³/mol. The Bertz CT molecular complexity index is 562. The van der Waals surface area contributed by atoms with E-state index in [4.69, 9.17) is 11.6 Å². The van der Waals surface area contributed by atoms with Crippen LogP contribution in [0.4, 0.5) is 5.69 Å². The van der Waals surface area contributed by atoms with Gasteiger partial charge < -0.3 is 9.80 Å². The maximum absolute atomic E-state index is 12.5. The lowest BCUT2D eigenvalue weighted by atomic mass is 10.0. The highest BCUT2D eigenvalue weighted by Crippen LogP contribution is 2.26. The minimum atomic E-state index is -0.571. The van der Waals surface area contributed by atoms with Crippen LogP contribution in [0.5, 0.6) is 0 Å². The van der Waals surface area contributed by atoms with Crippen molar-refractivity contribution in [2.24, 2.45) is 0 Å². The third-order valence-electron chi connectivity index (χ3n) is 3.80. The summed E-state index contributed by atoms with van der Waals surface area (Å²) in [7, 11) is 3.98. The first-order chi connectivity index (χ1) is 9.90. The second kappa shape index (κ2) is 6.41. The summed E-state index contributed by atoms with van der Waals surface area (Å²) in [6, 6.07) is 4.52. The molecule has 1 unspecified atom stereocenters. The second-order valence-electron chi connectivity index (χ2n) is 5.43. The molecule has 0 aliphatic carbocycles. The molecule has 1 aliphatic rings. The van der Waals surface area contributed by atoms with Crippen LogP contribution in [0.3, 0.4) is 0 Å². The monoisotopic (exact) mass is 311 g/mol. The van der Waals surface area contributed by atoms with Gasteiger partial charge in [0.25, 0.3) is 11.6 Å². The number of piperidine rings is 1. The number of carbonyl (C=O) groups excluding carboxylic acids is 1. The molecule has 0 bridgehead atoms. The van der Waals surface area contributed by atoms with Crippen molar-refractivity contribution in [1.82, 2.24) is 9.80 Å². The smallest absolute Gasteiger partial charge is 0.288 e. The lowest BCUT2D eigenvalue weighted by Crippen LogP contribution is -2.47. The molecule has 1 amide bonds. The van der Waals surface area contributed by atoms with Crippen molar-refractivity contribution in [1.29, 1.82) is 0 Å². The van der Waals surface area contributed by atoms with Gasteiger partial charge in [-0.05, 0) is 39.1 Å². The normalized spacial score (nSPS) is 18.9. The van der Waals surface area contributed by atoms with Gasteiger partial charge in [-0.1, -0.05) is 11.6 Å². The number of nitrogens with zero attached hydrogens (tertiary/aromatic N) is 3. The molecule has 0 spiro atoms. The predicted octanol–water partition coefficient (Wildman–Crippen LogP) is 2.41. The summed E-state index contributed by atoms with van der Waals surface area (Å²) < 4.78 is 0. The third kappa shape index (κ3) is 3.51. The van der Waals surface area contributed by atoms with Gasteiger partial charge in [0.05, 0.1) is 4.92 Å². The summed E-state index contributed by atoms with van der Waals surface area (Å²) in [5, 5.41) is 10.9. The van der Waals surface area contributed by atoms with E-state index in [-0.39, 0.29) is 16.6 Å². The summed E-state index contributed by atoms with van der Waals surface area (Å²) in [4.78, 5) is 26.7. The molecule has 1 saturated heterocycles. The van der Waals surface area contributed by atoms with Gasteiger partial charge in [-0.25, -0.2) is 0 Å². The van der Waals surface area contributed by atoms with Crippen LogP contribution in [0.1, 0.15) is 23.2 Å². The molecule has 114 valence electrons. The average Bonchev–Trinajstić information content (AvgIpc) is 2.46. The highest BCUT2D eigenvalue weighted by atomic mass is 35.5. The van der Waals surface area contributed by atoms with Gasteiger partial charge in [-0.2, -0.15) is 0 Å². The van der Waals surface area contributed by atoms with E-state index in [1.165, 1.54) is 18.2 Å². The molecule has 1 aromatic carbocycles. The molecule has 1 heterocycles. The van der Waals surface area contributed by atoms with Gasteiger partial charge in [0, 0.05) is 30.8 Å². The van der Waals surface area contributed by atoms with Crippen LogP contribution in [-0.4, -0.2) is 53.9 Å². The Morgan fingerprint density at radius 2 is 2.19 bits per heavy atom. The Morgan fingerprint density at radius 1 is 1.48 bits per heavy atom. The Morgan fingerprint density at radius 3 is 2.81 bits per heavy atom. The Kier molecular flexibility index (Phi) is 4.80. The SMILES string of the molecule is CN(C)C1CCCN(C(=O)c2ccc(Cl)c([N+](=O)[O-])c2)C1. The average molecular weight is 312 g/mol. The Labute approximate surface area is 128 Å². The molecular formula is C14H18ClN3O3. The number of hydrogen-bond donors (Lipinski definition) is 0. The molecule has 0 N–H and O–H groups in total. The van der Waals surface area contributed by atoms with Gasteiger partial charge in [0.2, 0.25) is 0 Å². The zero-order valence-electron chi connectivity index (χ0n) is 12.1. The van der Waals surface area contributed by atoms with Crippen LogP contribution in [0.2, 0.25) is 5.02 Å². The highest BCUT2D eigenvalue weighted by Gasteiger charge is 2.26. The Balaban J connectivity index is 2.20. The zero-order valence-corrected chi connectivity index (χ0v) is 12.8. The van der Waals surface area contributed by atoms with E-state index < -0.39 is 4.92 Å². The largest absolute Gasteiger partial charge is 0.337 e. The number of likely N-dealkylation sites (tertiary alicyclic amines) is 1. The summed E-state index contributed by atoms with van der Waals surface area (Å²) in [6.07, 6.45) is 1.99. The van der Waals surface area contributed by atoms with Crippen molar-refractivity contribution in [3.8, 4) is 0 Å². The molecule has 21 heavy (non-hydrogen) atoms. The van der Waals surface area contributed by atoms with Crippen LogP contribution in [-0.2, 0) is 0 Å². The van der Waals surface area contributed by atoms with Gasteiger partial charge in [0.1, 0.15) is 5.02 Å². The summed E-state index contributed by atoms with van der Waals surface area (Å²) >= 11 is 5.77. The molecule has 0 saturated carbocycles. The van der Waals surface area contributed by atoms with E-state index >= 15 is 0 Å². The van der Waals surface area contributed by atoms with Crippen LogP contribution < -0.4 is 0 Å². The van der Waals surface area contributed by atoms with Crippen LogP contribution in [0.15, 0.2) is 18.2 Å². The van der Waals surface area contributed by atoms with E-state index in [9.17, 15) is 14.9 Å². The summed E-state index contributed by atoms with van der Waals surface area (Å²) in [5.74, 6) is -0.179. The highest BCUT2D eigenvalue weighted by molar-refractivity contribution is 6.32. The van der Waals surface area contributed by atoms with Crippen molar-refractivity contribution in [3.63, 3.8) is 0 Å². The molecule has 6 nitrogen and oxygen atoms in total. The first-order valence-electron chi connectivity index (χ1n) is 6.80. The van der Waals surface area contributed by atoms with E-state index in [2.05, 4.69) is 4.90 Å². The number of hydrogen-bond acceptors (Lipinski definition) is 4. The number of nitro groups is 1. The maximum Gasteiger partial charge on any atom is 0.288 e. The summed E-state index contributed by atoms with van der Waals surface area (Å²) in [6.45, 7) is 1.32. The van der Waals surface area contributed by atoms with Crippen molar-refractivity contribution >= 4 is 23.2 Å². The van der Waals surface area contributed by atoms with Gasteiger partial charge in [0.15, 0.2) is 0 Å². The number of halogens is 1. The van der Waals surface area contributed by atoms with E-state index in [0.29, 0.717) is 24.7 Å². The molecule has 2 rings (SSSR count). The Hall–Kier alpha value is -1.66. The molecule has 1 aliphatic heterocycles. The van der Waals surface area contributed by atoms with Crippen LogP contribution in [0, 0.1) is 10.1 Å². The molecule has 0 radical (unpaired) electrons. The molecule has 1 fully saturated rings. The zero-order chi connectivity index (χ0) is 15.6. The number of amides is 1. The third-order valence-corrected chi connectivity index (χ3v) is 4.12. The van der Waals surface area contributed by atoms with Gasteiger partial charge >= 0.3 is 0 Å². The second-order valence-corrected chi connectivity index (χ2v) is 5.84.